The minimum atomic E-state index is -0.354. The van der Waals surface area contributed by atoms with Crippen LogP contribution >= 0.6 is 15.9 Å². The van der Waals surface area contributed by atoms with Crippen LogP contribution in [0.5, 0.6) is 17.2 Å². The summed E-state index contributed by atoms with van der Waals surface area (Å²) >= 11 is 3.47. The van der Waals surface area contributed by atoms with Gasteiger partial charge < -0.3 is 18.6 Å². The van der Waals surface area contributed by atoms with E-state index in [0.29, 0.717) is 56.1 Å². The number of hydrogen-bond donors (Lipinski definition) is 0. The van der Waals surface area contributed by atoms with E-state index in [9.17, 15) is 4.79 Å². The summed E-state index contributed by atoms with van der Waals surface area (Å²) in [7, 11) is 1.58. The van der Waals surface area contributed by atoms with Crippen molar-refractivity contribution in [3.05, 3.63) is 81.1 Å². The Bertz CT molecular complexity index is 1780. The average Bonchev–Trinajstić information content (AvgIpc) is 3.37. The van der Waals surface area contributed by atoms with Gasteiger partial charge in [0.2, 0.25) is 5.82 Å². The first-order valence-electron chi connectivity index (χ1n) is 11.6. The molecule has 38 heavy (non-hydrogen) atoms. The molecule has 2 aromatic heterocycles. The first-order chi connectivity index (χ1) is 18.5. The van der Waals surface area contributed by atoms with Gasteiger partial charge in [-0.05, 0) is 70.9 Å². The van der Waals surface area contributed by atoms with Crippen LogP contribution < -0.4 is 19.8 Å². The third kappa shape index (κ3) is 4.71. The topological polar surface area (TPSA) is 112 Å². The number of ether oxygens (including phenoxy) is 3. The Labute approximate surface area is 225 Å². The maximum Gasteiger partial charge on any atom is 0.282 e. The maximum absolute atomic E-state index is 13.5. The number of fused-ring (bicyclic) bond motifs is 2. The standard InChI is InChI=1S/C28H21BrN4O5/c1-3-36-24-14-17(13-20(29)26(24)37-12-11-30)16-31-33-27(32-21-8-5-4-7-18(21)28(33)34)25-15-19-22(35-2)9-6-10-23(19)38-25/h4-10,13-16H,3,12H2,1-2H3. The van der Waals surface area contributed by atoms with Crippen LogP contribution in [0.3, 0.4) is 0 Å². The monoisotopic (exact) mass is 572 g/mol. The summed E-state index contributed by atoms with van der Waals surface area (Å²) in [6, 6.07) is 19.7. The van der Waals surface area contributed by atoms with Crippen LogP contribution in [-0.4, -0.2) is 36.2 Å². The van der Waals surface area contributed by atoms with Gasteiger partial charge in [0.05, 0.1) is 40.7 Å². The summed E-state index contributed by atoms with van der Waals surface area (Å²) in [4.78, 5) is 18.3. The van der Waals surface area contributed by atoms with Gasteiger partial charge in [0, 0.05) is 0 Å². The summed E-state index contributed by atoms with van der Waals surface area (Å²) < 4.78 is 24.5. The Kier molecular flexibility index (Phi) is 7.11. The number of rotatable bonds is 8. The average molecular weight is 573 g/mol. The summed E-state index contributed by atoms with van der Waals surface area (Å²) in [6.45, 7) is 2.11. The Hall–Kier alpha value is -4.62. The quantitative estimate of drug-likeness (QED) is 0.217. The predicted molar refractivity (Wildman–Crippen MR) is 147 cm³/mol. The molecule has 0 fully saturated rings. The molecule has 0 amide bonds. The number of halogens is 1. The summed E-state index contributed by atoms with van der Waals surface area (Å²) in [5.74, 6) is 2.09. The van der Waals surface area contributed by atoms with E-state index in [2.05, 4.69) is 21.0 Å². The highest BCUT2D eigenvalue weighted by molar-refractivity contribution is 9.10. The van der Waals surface area contributed by atoms with Crippen LogP contribution in [0, 0.1) is 11.3 Å². The number of hydrogen-bond acceptors (Lipinski definition) is 8. The molecule has 10 heteroatoms. The Morgan fingerprint density at radius 1 is 1.11 bits per heavy atom. The fourth-order valence-electron chi connectivity index (χ4n) is 4.01. The van der Waals surface area contributed by atoms with E-state index in [1.54, 1.807) is 43.5 Å². The smallest absolute Gasteiger partial charge is 0.282 e. The minimum Gasteiger partial charge on any atom is -0.496 e. The van der Waals surface area contributed by atoms with Gasteiger partial charge in [0.15, 0.2) is 23.9 Å². The van der Waals surface area contributed by atoms with E-state index in [4.69, 9.17) is 28.9 Å². The number of aromatic nitrogens is 2. The molecule has 0 unspecified atom stereocenters. The van der Waals surface area contributed by atoms with E-state index in [1.807, 2.05) is 37.3 Å². The van der Waals surface area contributed by atoms with Crippen LogP contribution in [0.2, 0.25) is 0 Å². The van der Waals surface area contributed by atoms with Crippen LogP contribution in [0.15, 0.2) is 79.4 Å². The molecule has 9 nitrogen and oxygen atoms in total. The first-order valence-corrected chi connectivity index (χ1v) is 12.4. The van der Waals surface area contributed by atoms with Crippen molar-refractivity contribution >= 4 is 44.0 Å². The first kappa shape index (κ1) is 25.0. The van der Waals surface area contributed by atoms with Crippen molar-refractivity contribution in [3.63, 3.8) is 0 Å². The third-order valence-electron chi connectivity index (χ3n) is 5.65. The van der Waals surface area contributed by atoms with Crippen LogP contribution in [0.25, 0.3) is 33.5 Å². The number of methoxy groups -OCH3 is 1. The van der Waals surface area contributed by atoms with Gasteiger partial charge in [-0.2, -0.15) is 15.0 Å². The highest BCUT2D eigenvalue weighted by atomic mass is 79.9. The highest BCUT2D eigenvalue weighted by Crippen LogP contribution is 2.37. The van der Waals surface area contributed by atoms with Crippen LogP contribution in [0.1, 0.15) is 12.5 Å². The molecule has 0 aliphatic carbocycles. The Morgan fingerprint density at radius 2 is 1.95 bits per heavy atom. The number of nitriles is 1. The number of furan rings is 1. The van der Waals surface area contributed by atoms with Crippen molar-refractivity contribution in [2.45, 2.75) is 6.92 Å². The molecule has 0 N–H and O–H groups in total. The second kappa shape index (κ2) is 10.8. The molecular weight excluding hydrogens is 552 g/mol. The van der Waals surface area contributed by atoms with Gasteiger partial charge in [0.25, 0.3) is 5.56 Å². The predicted octanol–water partition coefficient (Wildman–Crippen LogP) is 5.76. The van der Waals surface area contributed by atoms with Gasteiger partial charge in [0.1, 0.15) is 17.4 Å². The number of benzene rings is 3. The van der Waals surface area contributed by atoms with Crippen LogP contribution in [0.4, 0.5) is 0 Å². The van der Waals surface area contributed by atoms with Gasteiger partial charge in [-0.1, -0.05) is 18.2 Å². The molecule has 2 heterocycles. The lowest BCUT2D eigenvalue weighted by Gasteiger charge is -2.13. The second-order valence-electron chi connectivity index (χ2n) is 8.01. The molecule has 0 saturated carbocycles. The molecule has 0 radical (unpaired) electrons. The van der Waals surface area contributed by atoms with E-state index in [0.717, 1.165) is 5.39 Å². The summed E-state index contributed by atoms with van der Waals surface area (Å²) in [5.41, 5.74) is 1.39. The normalized spacial score (nSPS) is 11.2. The summed E-state index contributed by atoms with van der Waals surface area (Å²) in [6.07, 6.45) is 1.52. The van der Waals surface area contributed by atoms with E-state index in [1.165, 1.54) is 10.9 Å². The lowest BCUT2D eigenvalue weighted by Crippen LogP contribution is -2.20. The maximum atomic E-state index is 13.5. The van der Waals surface area contributed by atoms with E-state index in [-0.39, 0.29) is 18.0 Å². The molecule has 0 aliphatic heterocycles. The second-order valence-corrected chi connectivity index (χ2v) is 8.86. The zero-order chi connectivity index (χ0) is 26.6. The zero-order valence-electron chi connectivity index (χ0n) is 20.5. The minimum absolute atomic E-state index is 0.129. The van der Waals surface area contributed by atoms with Crippen molar-refractivity contribution in [3.8, 4) is 34.9 Å². The molecule has 0 spiro atoms. The summed E-state index contributed by atoms with van der Waals surface area (Å²) in [5, 5.41) is 14.6. The van der Waals surface area contributed by atoms with Gasteiger partial charge in [-0.25, -0.2) is 4.98 Å². The lowest BCUT2D eigenvalue weighted by molar-refractivity contribution is 0.297. The highest BCUT2D eigenvalue weighted by Gasteiger charge is 2.18. The molecule has 3 aromatic carbocycles. The Morgan fingerprint density at radius 3 is 2.74 bits per heavy atom. The van der Waals surface area contributed by atoms with Crippen molar-refractivity contribution in [1.82, 2.24) is 9.66 Å². The van der Waals surface area contributed by atoms with Crippen molar-refractivity contribution in [2.24, 2.45) is 5.10 Å². The van der Waals surface area contributed by atoms with E-state index < -0.39 is 0 Å². The third-order valence-corrected chi connectivity index (χ3v) is 6.24. The molecule has 5 rings (SSSR count). The molecule has 0 aliphatic rings. The molecule has 190 valence electrons. The lowest BCUT2D eigenvalue weighted by atomic mass is 10.2. The van der Waals surface area contributed by atoms with Crippen LogP contribution in [-0.2, 0) is 0 Å². The molecule has 5 aromatic rings. The molecular formula is C28H21BrN4O5. The Balaban J connectivity index is 1.66. The zero-order valence-corrected chi connectivity index (χ0v) is 22.1. The van der Waals surface area contributed by atoms with Crippen molar-refractivity contribution < 1.29 is 18.6 Å². The molecule has 0 bridgehead atoms. The fourth-order valence-corrected chi connectivity index (χ4v) is 4.58. The van der Waals surface area contributed by atoms with Gasteiger partial charge in [-0.15, -0.1) is 0 Å². The molecule has 0 saturated heterocycles. The molecule has 0 atom stereocenters. The largest absolute Gasteiger partial charge is 0.496 e. The van der Waals surface area contributed by atoms with Crippen molar-refractivity contribution in [2.75, 3.05) is 20.3 Å². The van der Waals surface area contributed by atoms with Gasteiger partial charge >= 0.3 is 0 Å². The fraction of sp³-hybridized carbons (Fsp3) is 0.143. The van der Waals surface area contributed by atoms with Crippen molar-refractivity contribution in [1.29, 1.82) is 5.26 Å². The SMILES string of the molecule is CCOc1cc(C=Nn2c(-c3cc4c(OC)cccc4o3)nc3ccccc3c2=O)cc(Br)c1OCC#N. The number of para-hydroxylation sites is 1. The van der Waals surface area contributed by atoms with E-state index >= 15 is 0 Å². The van der Waals surface area contributed by atoms with Gasteiger partial charge in [-0.3, -0.25) is 4.79 Å². The number of nitrogens with zero attached hydrogens (tertiary/aromatic N) is 4.